The number of thioether (sulfide) groups is 1. The topological polar surface area (TPSA) is 101 Å². The number of hydrogen-bond acceptors (Lipinski definition) is 7. The maximum atomic E-state index is 13.3. The molecule has 1 amide bonds. The summed E-state index contributed by atoms with van der Waals surface area (Å²) in [7, 11) is 1.27. The van der Waals surface area contributed by atoms with Crippen molar-refractivity contribution in [1.82, 2.24) is 29.6 Å². The minimum atomic E-state index is -4.69. The number of aromatic nitrogens is 5. The van der Waals surface area contributed by atoms with Crippen LogP contribution in [0.2, 0.25) is 0 Å². The van der Waals surface area contributed by atoms with Crippen LogP contribution in [0.15, 0.2) is 16.3 Å². The summed E-state index contributed by atoms with van der Waals surface area (Å²) in [4.78, 5) is 12.4. The molecule has 1 aliphatic heterocycles. The first kappa shape index (κ1) is 24.9. The molecule has 0 bridgehead atoms. The third kappa shape index (κ3) is 4.68. The molecule has 0 saturated heterocycles. The summed E-state index contributed by atoms with van der Waals surface area (Å²) >= 11 is 0.656. The van der Waals surface area contributed by atoms with Gasteiger partial charge in [-0.3, -0.25) is 9.48 Å². The first-order chi connectivity index (χ1) is 15.3. The fraction of sp³-hybridized carbons (Fsp3) is 0.562. The Morgan fingerprint density at radius 1 is 1.27 bits per heavy atom. The zero-order valence-corrected chi connectivity index (χ0v) is 17.7. The standard InChI is InChI=1S/C16H16F7N7O2S/c1-3-29-12(8-4-9(16(21,22)23)27-28(8)2)24-25-14(29)33-6-10(31)30-15(32,13(19)20)5-7(26-30)11(17)18/h4,11,13,32H,3,5-6H2,1-2H3/t15-/m1/s1. The Labute approximate surface area is 185 Å². The van der Waals surface area contributed by atoms with E-state index in [9.17, 15) is 40.6 Å². The van der Waals surface area contributed by atoms with Crippen molar-refractivity contribution >= 4 is 23.4 Å². The van der Waals surface area contributed by atoms with Gasteiger partial charge in [0.2, 0.25) is 5.72 Å². The largest absolute Gasteiger partial charge is 0.435 e. The number of alkyl halides is 7. The van der Waals surface area contributed by atoms with Crippen molar-refractivity contribution in [3.63, 3.8) is 0 Å². The molecule has 0 unspecified atom stereocenters. The van der Waals surface area contributed by atoms with E-state index in [0.717, 1.165) is 10.7 Å². The van der Waals surface area contributed by atoms with Gasteiger partial charge in [0.25, 0.3) is 18.8 Å². The minimum absolute atomic E-state index is 0.00112. The number of aryl methyl sites for hydroxylation is 1. The van der Waals surface area contributed by atoms with E-state index in [4.69, 9.17) is 0 Å². The van der Waals surface area contributed by atoms with Crippen molar-refractivity contribution in [3.05, 3.63) is 11.8 Å². The Morgan fingerprint density at radius 2 is 1.94 bits per heavy atom. The second-order valence-corrected chi connectivity index (χ2v) is 7.77. The molecule has 9 nitrogen and oxygen atoms in total. The monoisotopic (exact) mass is 503 g/mol. The molecule has 1 aliphatic rings. The molecule has 0 radical (unpaired) electrons. The number of nitrogens with zero attached hydrogens (tertiary/aromatic N) is 7. The van der Waals surface area contributed by atoms with E-state index < -0.39 is 54.2 Å². The SMILES string of the molecule is CCn1c(SCC(=O)N2N=C(C(F)F)C[C@@]2(O)C(F)F)nnc1-c1cc(C(F)(F)F)nn1C. The van der Waals surface area contributed by atoms with E-state index in [1.807, 2.05) is 0 Å². The summed E-state index contributed by atoms with van der Waals surface area (Å²) in [6.07, 6.45) is -12.7. The van der Waals surface area contributed by atoms with E-state index in [1.165, 1.54) is 11.6 Å². The van der Waals surface area contributed by atoms with Gasteiger partial charge in [0.1, 0.15) is 11.4 Å². The highest BCUT2D eigenvalue weighted by Crippen LogP contribution is 2.35. The third-order valence-electron chi connectivity index (χ3n) is 4.63. The van der Waals surface area contributed by atoms with Gasteiger partial charge < -0.3 is 9.67 Å². The second-order valence-electron chi connectivity index (χ2n) is 6.83. The molecule has 17 heteroatoms. The Bertz CT molecular complexity index is 1070. The van der Waals surface area contributed by atoms with E-state index >= 15 is 0 Å². The van der Waals surface area contributed by atoms with Crippen molar-refractivity contribution < 1.29 is 40.6 Å². The average Bonchev–Trinajstić information content (AvgIpc) is 3.40. The lowest BCUT2D eigenvalue weighted by Gasteiger charge is -2.29. The van der Waals surface area contributed by atoms with Crippen molar-refractivity contribution in [2.24, 2.45) is 12.1 Å². The van der Waals surface area contributed by atoms with Gasteiger partial charge in [0, 0.05) is 20.0 Å². The molecule has 33 heavy (non-hydrogen) atoms. The summed E-state index contributed by atoms with van der Waals surface area (Å²) in [6.45, 7) is 1.78. The van der Waals surface area contributed by atoms with Gasteiger partial charge in [-0.1, -0.05) is 11.8 Å². The van der Waals surface area contributed by atoms with Crippen LogP contribution in [0.5, 0.6) is 0 Å². The number of rotatable bonds is 7. The van der Waals surface area contributed by atoms with Crippen LogP contribution < -0.4 is 0 Å². The van der Waals surface area contributed by atoms with E-state index in [2.05, 4.69) is 20.4 Å². The number of carbonyl (C=O) groups excluding carboxylic acids is 1. The Balaban J connectivity index is 1.82. The Kier molecular flexibility index (Phi) is 6.74. The van der Waals surface area contributed by atoms with E-state index in [-0.39, 0.29) is 28.2 Å². The molecule has 3 heterocycles. The highest BCUT2D eigenvalue weighted by atomic mass is 32.2. The third-order valence-corrected chi connectivity index (χ3v) is 5.58. The quantitative estimate of drug-likeness (QED) is 0.461. The highest BCUT2D eigenvalue weighted by Gasteiger charge is 2.53. The number of halogens is 7. The number of hydrogen-bond donors (Lipinski definition) is 1. The molecule has 2 aromatic rings. The maximum absolute atomic E-state index is 13.3. The summed E-state index contributed by atoms with van der Waals surface area (Å²) in [6, 6.07) is 0.767. The van der Waals surface area contributed by atoms with Gasteiger partial charge in [0.05, 0.1) is 5.75 Å². The number of carbonyl (C=O) groups is 1. The van der Waals surface area contributed by atoms with Crippen LogP contribution in [0.4, 0.5) is 30.7 Å². The molecule has 0 saturated carbocycles. The Hall–Kier alpha value is -2.69. The zero-order valence-electron chi connectivity index (χ0n) is 16.9. The number of amides is 1. The summed E-state index contributed by atoms with van der Waals surface area (Å²) in [5, 5.41) is 24.2. The van der Waals surface area contributed by atoms with Crippen molar-refractivity contribution in [2.75, 3.05) is 5.75 Å². The lowest BCUT2D eigenvalue weighted by molar-refractivity contribution is -0.190. The van der Waals surface area contributed by atoms with Gasteiger partial charge in [-0.25, -0.2) is 17.6 Å². The Morgan fingerprint density at radius 3 is 2.45 bits per heavy atom. The normalized spacial score (nSPS) is 19.2. The fourth-order valence-electron chi connectivity index (χ4n) is 3.03. The number of hydrazone groups is 1. The molecule has 0 spiro atoms. The maximum Gasteiger partial charge on any atom is 0.435 e. The van der Waals surface area contributed by atoms with Crippen LogP contribution in [0.1, 0.15) is 19.0 Å². The predicted molar refractivity (Wildman–Crippen MR) is 99.5 cm³/mol. The first-order valence-electron chi connectivity index (χ1n) is 9.16. The van der Waals surface area contributed by atoms with Gasteiger partial charge >= 0.3 is 6.18 Å². The molecule has 0 aromatic carbocycles. The average molecular weight is 503 g/mol. The molecular weight excluding hydrogens is 487 g/mol. The van der Waals surface area contributed by atoms with Crippen LogP contribution in [-0.4, -0.2) is 70.6 Å². The molecule has 182 valence electrons. The molecule has 0 aliphatic carbocycles. The van der Waals surface area contributed by atoms with Gasteiger partial charge in [-0.15, -0.1) is 10.2 Å². The van der Waals surface area contributed by atoms with Gasteiger partial charge in [-0.2, -0.15) is 28.4 Å². The summed E-state index contributed by atoms with van der Waals surface area (Å²) in [5.41, 5.74) is -5.45. The number of aliphatic hydroxyl groups is 1. The van der Waals surface area contributed by atoms with Crippen LogP contribution in [0.25, 0.3) is 11.5 Å². The van der Waals surface area contributed by atoms with Crippen molar-refractivity contribution in [1.29, 1.82) is 0 Å². The molecule has 1 N–H and O–H groups in total. The van der Waals surface area contributed by atoms with Crippen LogP contribution in [0, 0.1) is 0 Å². The highest BCUT2D eigenvalue weighted by molar-refractivity contribution is 7.99. The van der Waals surface area contributed by atoms with Crippen LogP contribution >= 0.6 is 11.8 Å². The van der Waals surface area contributed by atoms with Crippen LogP contribution in [-0.2, 0) is 24.6 Å². The lowest BCUT2D eigenvalue weighted by atomic mass is 10.1. The van der Waals surface area contributed by atoms with E-state index in [0.29, 0.717) is 11.8 Å². The molecular formula is C16H16F7N7O2S. The molecule has 1 atom stereocenters. The minimum Gasteiger partial charge on any atom is -0.364 e. The summed E-state index contributed by atoms with van der Waals surface area (Å²) in [5.74, 6) is -1.85. The first-order valence-corrected chi connectivity index (χ1v) is 10.1. The molecule has 0 fully saturated rings. The van der Waals surface area contributed by atoms with Gasteiger partial charge in [-0.05, 0) is 13.0 Å². The van der Waals surface area contributed by atoms with Crippen molar-refractivity contribution in [2.45, 2.75) is 49.8 Å². The smallest absolute Gasteiger partial charge is 0.364 e. The fourth-order valence-corrected chi connectivity index (χ4v) is 3.87. The van der Waals surface area contributed by atoms with E-state index in [1.54, 1.807) is 6.92 Å². The van der Waals surface area contributed by atoms with Crippen LogP contribution in [0.3, 0.4) is 0 Å². The lowest BCUT2D eigenvalue weighted by Crippen LogP contribution is -2.52. The van der Waals surface area contributed by atoms with Gasteiger partial charge in [0.15, 0.2) is 16.7 Å². The predicted octanol–water partition coefficient (Wildman–Crippen LogP) is 2.62. The molecule has 2 aromatic heterocycles. The van der Waals surface area contributed by atoms with Crippen molar-refractivity contribution in [3.8, 4) is 11.5 Å². The zero-order chi connectivity index (χ0) is 24.7. The summed E-state index contributed by atoms with van der Waals surface area (Å²) < 4.78 is 93.5. The second kappa shape index (κ2) is 8.92. The molecule has 3 rings (SSSR count).